The first-order chi connectivity index (χ1) is 9.63. The first-order valence-electron chi connectivity index (χ1n) is 6.04. The van der Waals surface area contributed by atoms with Crippen molar-refractivity contribution < 1.29 is 13.6 Å². The third-order valence-electron chi connectivity index (χ3n) is 3.07. The second kappa shape index (κ2) is 5.61. The number of carbonyl (C=O) groups excluding carboxylic acids is 1. The lowest BCUT2D eigenvalue weighted by Crippen LogP contribution is -2.27. The topological polar surface area (TPSA) is 33.5 Å². The van der Waals surface area contributed by atoms with Crippen molar-refractivity contribution in [2.24, 2.45) is 0 Å². The Morgan fingerprint density at radius 1 is 1.30 bits per heavy atom. The van der Waals surface area contributed by atoms with Crippen LogP contribution in [0.15, 0.2) is 45.5 Å². The summed E-state index contributed by atoms with van der Waals surface area (Å²) in [5.74, 6) is 0.971. The Morgan fingerprint density at radius 3 is 2.70 bits per heavy atom. The molecule has 20 heavy (non-hydrogen) atoms. The number of hydrogen-bond donors (Lipinski definition) is 0. The normalized spacial score (nSPS) is 18.8. The average Bonchev–Trinajstić information content (AvgIpc) is 3.00. The van der Waals surface area contributed by atoms with Crippen LogP contribution in [-0.4, -0.2) is 16.6 Å². The van der Waals surface area contributed by atoms with Crippen LogP contribution in [0.2, 0.25) is 0 Å². The average molecular weight is 356 g/mol. The van der Waals surface area contributed by atoms with Crippen LogP contribution in [0.25, 0.3) is 0 Å². The molecule has 1 atom stereocenters. The van der Waals surface area contributed by atoms with Crippen LogP contribution >= 0.6 is 27.7 Å². The molecule has 6 heteroatoms. The molecule has 0 aliphatic carbocycles. The fourth-order valence-corrected chi connectivity index (χ4v) is 3.56. The smallest absolute Gasteiger partial charge is 0.234 e. The van der Waals surface area contributed by atoms with Gasteiger partial charge in [0.15, 0.2) is 4.67 Å². The number of furan rings is 1. The maximum absolute atomic E-state index is 12.9. The standard InChI is InChI=1S/C14H11BrFNO2S/c15-12-6-5-11(19-12)14-17(13(18)8-20-14)7-9-1-3-10(16)4-2-9/h1-6,14H,7-8H2. The Bertz CT molecular complexity index is 628. The molecule has 0 N–H and O–H groups in total. The summed E-state index contributed by atoms with van der Waals surface area (Å²) in [7, 11) is 0. The summed E-state index contributed by atoms with van der Waals surface area (Å²) in [6.07, 6.45) is 0. The molecule has 1 fully saturated rings. The number of hydrogen-bond acceptors (Lipinski definition) is 3. The van der Waals surface area contributed by atoms with E-state index in [1.165, 1.54) is 23.9 Å². The number of amides is 1. The molecule has 2 aromatic rings. The van der Waals surface area contributed by atoms with Crippen molar-refractivity contribution in [1.29, 1.82) is 0 Å². The van der Waals surface area contributed by atoms with E-state index in [4.69, 9.17) is 4.42 Å². The molecule has 1 amide bonds. The molecule has 1 aromatic heterocycles. The van der Waals surface area contributed by atoms with E-state index < -0.39 is 0 Å². The van der Waals surface area contributed by atoms with Gasteiger partial charge in [-0.1, -0.05) is 12.1 Å². The van der Waals surface area contributed by atoms with Crippen LogP contribution in [0.4, 0.5) is 4.39 Å². The van der Waals surface area contributed by atoms with E-state index in [2.05, 4.69) is 15.9 Å². The summed E-state index contributed by atoms with van der Waals surface area (Å²) in [5, 5.41) is -0.126. The van der Waals surface area contributed by atoms with Crippen molar-refractivity contribution in [1.82, 2.24) is 4.90 Å². The molecule has 1 aromatic carbocycles. The molecule has 1 aliphatic rings. The fraction of sp³-hybridized carbons (Fsp3) is 0.214. The fourth-order valence-electron chi connectivity index (χ4n) is 2.11. The Labute approximate surface area is 128 Å². The quantitative estimate of drug-likeness (QED) is 0.835. The van der Waals surface area contributed by atoms with Crippen molar-refractivity contribution in [2.45, 2.75) is 11.9 Å². The third kappa shape index (κ3) is 2.76. The molecule has 3 nitrogen and oxygen atoms in total. The van der Waals surface area contributed by atoms with E-state index >= 15 is 0 Å². The van der Waals surface area contributed by atoms with Crippen LogP contribution in [0.3, 0.4) is 0 Å². The summed E-state index contributed by atoms with van der Waals surface area (Å²) in [6.45, 7) is 0.453. The van der Waals surface area contributed by atoms with Gasteiger partial charge in [-0.2, -0.15) is 0 Å². The lowest BCUT2D eigenvalue weighted by Gasteiger charge is -2.22. The molecule has 0 saturated carbocycles. The van der Waals surface area contributed by atoms with E-state index in [-0.39, 0.29) is 17.1 Å². The monoisotopic (exact) mass is 355 g/mol. The zero-order valence-electron chi connectivity index (χ0n) is 10.4. The molecular formula is C14H11BrFNO2S. The maximum atomic E-state index is 12.9. The van der Waals surface area contributed by atoms with Gasteiger partial charge in [0.25, 0.3) is 0 Å². The highest BCUT2D eigenvalue weighted by Gasteiger charge is 2.34. The molecular weight excluding hydrogens is 345 g/mol. The number of rotatable bonds is 3. The van der Waals surface area contributed by atoms with Crippen molar-refractivity contribution in [2.75, 3.05) is 5.75 Å². The lowest BCUT2D eigenvalue weighted by molar-refractivity contribution is -0.128. The van der Waals surface area contributed by atoms with Gasteiger partial charge >= 0.3 is 0 Å². The van der Waals surface area contributed by atoms with Gasteiger partial charge in [0, 0.05) is 6.54 Å². The predicted octanol–water partition coefficient (Wildman–Crippen LogP) is 3.96. The van der Waals surface area contributed by atoms with Crippen LogP contribution in [-0.2, 0) is 11.3 Å². The van der Waals surface area contributed by atoms with Crippen LogP contribution in [0.5, 0.6) is 0 Å². The van der Waals surface area contributed by atoms with Gasteiger partial charge in [0.2, 0.25) is 5.91 Å². The van der Waals surface area contributed by atoms with Crippen molar-refractivity contribution >= 4 is 33.6 Å². The molecule has 3 rings (SSSR count). The molecule has 1 aliphatic heterocycles. The Kier molecular flexibility index (Phi) is 3.85. The highest BCUT2D eigenvalue weighted by molar-refractivity contribution is 9.10. The molecule has 1 saturated heterocycles. The molecule has 0 spiro atoms. The van der Waals surface area contributed by atoms with Crippen LogP contribution in [0, 0.1) is 5.82 Å². The summed E-state index contributed by atoms with van der Waals surface area (Å²) >= 11 is 4.80. The van der Waals surface area contributed by atoms with Gasteiger partial charge in [0.05, 0.1) is 5.75 Å². The van der Waals surface area contributed by atoms with Gasteiger partial charge in [-0.3, -0.25) is 4.79 Å². The first kappa shape index (κ1) is 13.7. The molecule has 104 valence electrons. The largest absolute Gasteiger partial charge is 0.451 e. The van der Waals surface area contributed by atoms with E-state index in [1.807, 2.05) is 12.1 Å². The molecule has 1 unspecified atom stereocenters. The summed E-state index contributed by atoms with van der Waals surface area (Å²) in [6, 6.07) is 9.87. The van der Waals surface area contributed by atoms with Gasteiger partial charge in [0.1, 0.15) is 17.0 Å². The van der Waals surface area contributed by atoms with Gasteiger partial charge in [-0.15, -0.1) is 11.8 Å². The van der Waals surface area contributed by atoms with Gasteiger partial charge in [-0.25, -0.2) is 4.39 Å². The summed E-state index contributed by atoms with van der Waals surface area (Å²) in [5.41, 5.74) is 0.901. The minimum Gasteiger partial charge on any atom is -0.451 e. The zero-order chi connectivity index (χ0) is 14.1. The second-order valence-electron chi connectivity index (χ2n) is 4.45. The van der Waals surface area contributed by atoms with Gasteiger partial charge < -0.3 is 9.32 Å². The summed E-state index contributed by atoms with van der Waals surface area (Å²) in [4.78, 5) is 13.8. The third-order valence-corrected chi connectivity index (χ3v) is 4.71. The number of nitrogens with zero attached hydrogens (tertiary/aromatic N) is 1. The highest BCUT2D eigenvalue weighted by atomic mass is 79.9. The lowest BCUT2D eigenvalue weighted by atomic mass is 10.2. The molecule has 0 radical (unpaired) electrons. The number of halogens is 2. The Hall–Kier alpha value is -1.27. The predicted molar refractivity (Wildman–Crippen MR) is 78.6 cm³/mol. The van der Waals surface area contributed by atoms with E-state index in [0.717, 1.165) is 11.3 Å². The zero-order valence-corrected chi connectivity index (χ0v) is 12.8. The minimum atomic E-state index is -0.276. The molecule has 0 bridgehead atoms. The van der Waals surface area contributed by atoms with Crippen molar-refractivity contribution in [3.05, 3.63) is 58.2 Å². The Morgan fingerprint density at radius 2 is 2.05 bits per heavy atom. The summed E-state index contributed by atoms with van der Waals surface area (Å²) < 4.78 is 19.1. The molecule has 2 heterocycles. The first-order valence-corrected chi connectivity index (χ1v) is 7.88. The van der Waals surface area contributed by atoms with Gasteiger partial charge in [-0.05, 0) is 45.8 Å². The second-order valence-corrected chi connectivity index (χ2v) is 6.30. The maximum Gasteiger partial charge on any atom is 0.234 e. The van der Waals surface area contributed by atoms with Crippen LogP contribution < -0.4 is 0 Å². The van der Waals surface area contributed by atoms with Crippen molar-refractivity contribution in [3.63, 3.8) is 0 Å². The van der Waals surface area contributed by atoms with Crippen LogP contribution in [0.1, 0.15) is 16.7 Å². The van der Waals surface area contributed by atoms with Crippen molar-refractivity contribution in [3.8, 4) is 0 Å². The van der Waals surface area contributed by atoms with E-state index in [0.29, 0.717) is 17.0 Å². The number of thioether (sulfide) groups is 1. The number of benzene rings is 1. The van der Waals surface area contributed by atoms with E-state index in [9.17, 15) is 9.18 Å². The Balaban J connectivity index is 1.82. The van der Waals surface area contributed by atoms with E-state index in [1.54, 1.807) is 17.0 Å². The number of carbonyl (C=O) groups is 1. The SMILES string of the molecule is O=C1CSC(c2ccc(Br)o2)N1Cc1ccc(F)cc1. The highest BCUT2D eigenvalue weighted by Crippen LogP contribution is 2.40. The minimum absolute atomic E-state index is 0.0665.